The van der Waals surface area contributed by atoms with Crippen LogP contribution >= 0.6 is 0 Å². The summed E-state index contributed by atoms with van der Waals surface area (Å²) in [7, 11) is 0. The summed E-state index contributed by atoms with van der Waals surface area (Å²) >= 11 is 0. The first-order valence-corrected chi connectivity index (χ1v) is 18.3. The fraction of sp³-hybridized carbons (Fsp3) is 0.0196. The van der Waals surface area contributed by atoms with Crippen LogP contribution in [0, 0.1) is 6.92 Å². The third-order valence-corrected chi connectivity index (χ3v) is 10.7. The predicted octanol–water partition coefficient (Wildman–Crippen LogP) is 13.7. The summed E-state index contributed by atoms with van der Waals surface area (Å²) in [5.41, 5.74) is 15.8. The van der Waals surface area contributed by atoms with Crippen LogP contribution in [0.4, 0.5) is 0 Å². The van der Waals surface area contributed by atoms with Crippen LogP contribution in [0.25, 0.3) is 89.4 Å². The molecule has 2 heterocycles. The molecule has 0 amide bonds. The Balaban J connectivity index is 0.877. The Kier molecular flexibility index (Phi) is 7.40. The second kappa shape index (κ2) is 12.7. The quantitative estimate of drug-likeness (QED) is 0.155. The molecule has 0 aliphatic carbocycles. The molecule has 2 nitrogen and oxygen atoms in total. The normalized spacial score (nSPS) is 11.8. The van der Waals surface area contributed by atoms with E-state index >= 15 is 0 Å². The van der Waals surface area contributed by atoms with Gasteiger partial charge in [-0.2, -0.15) is 0 Å². The average molecular weight is 677 g/mol. The second-order valence-corrected chi connectivity index (χ2v) is 13.9. The van der Waals surface area contributed by atoms with Gasteiger partial charge in [-0.3, -0.25) is 0 Å². The third kappa shape index (κ3) is 5.35. The lowest BCUT2D eigenvalue weighted by Gasteiger charge is -2.11. The van der Waals surface area contributed by atoms with Crippen LogP contribution in [0.15, 0.2) is 188 Å². The summed E-state index contributed by atoms with van der Waals surface area (Å²) in [6.45, 7) is 2.18. The van der Waals surface area contributed by atoms with Crippen molar-refractivity contribution in [1.29, 1.82) is 0 Å². The maximum Gasteiger partial charge on any atom is 0.0541 e. The lowest BCUT2D eigenvalue weighted by molar-refractivity contribution is 1.15. The van der Waals surface area contributed by atoms with Gasteiger partial charge in [0.05, 0.1) is 22.1 Å². The van der Waals surface area contributed by atoms with E-state index in [1.54, 1.807) is 0 Å². The van der Waals surface area contributed by atoms with Crippen molar-refractivity contribution < 1.29 is 0 Å². The Morgan fingerprint density at radius 3 is 1.32 bits per heavy atom. The summed E-state index contributed by atoms with van der Waals surface area (Å²) in [4.78, 5) is 0. The van der Waals surface area contributed by atoms with E-state index in [-0.39, 0.29) is 0 Å². The molecule has 2 heteroatoms. The number of hydrogen-bond donors (Lipinski definition) is 0. The van der Waals surface area contributed by atoms with Gasteiger partial charge in [-0.1, -0.05) is 152 Å². The molecule has 0 saturated carbocycles. The minimum absolute atomic E-state index is 1.17. The van der Waals surface area contributed by atoms with E-state index in [9.17, 15) is 0 Å². The molecule has 0 bridgehead atoms. The Morgan fingerprint density at radius 1 is 0.340 bits per heavy atom. The van der Waals surface area contributed by atoms with E-state index in [1.807, 2.05) is 0 Å². The fourth-order valence-electron chi connectivity index (χ4n) is 8.00. The highest BCUT2D eigenvalue weighted by Gasteiger charge is 2.15. The van der Waals surface area contributed by atoms with Gasteiger partial charge in [0.15, 0.2) is 0 Å². The van der Waals surface area contributed by atoms with Gasteiger partial charge in [-0.05, 0) is 94.4 Å². The molecule has 0 radical (unpaired) electrons. The van der Waals surface area contributed by atoms with Crippen molar-refractivity contribution >= 4 is 55.8 Å². The highest BCUT2D eigenvalue weighted by molar-refractivity contribution is 6.11. The number of fused-ring (bicyclic) bond motifs is 6. The van der Waals surface area contributed by atoms with E-state index in [0.717, 1.165) is 0 Å². The average Bonchev–Trinajstić information content (AvgIpc) is 3.73. The number of aromatic nitrogens is 2. The standard InChI is InChI=1S/C51H36N2/c1-35-10-2-6-14-47(35)53-50-17-9-5-13-45(50)46-34-41(30-33-51(46)53)40-26-22-37(23-27-40)19-18-36-20-24-38(25-21-36)39-28-31-42(32-29-39)52-48-15-7-3-11-43(48)44-12-4-8-16-49(44)52/h2-34H,1H3/b19-18+. The number of rotatable bonds is 6. The Bertz CT molecular complexity index is 2920. The maximum absolute atomic E-state index is 2.40. The van der Waals surface area contributed by atoms with Crippen LogP contribution in [-0.4, -0.2) is 9.13 Å². The first-order chi connectivity index (χ1) is 26.2. The Morgan fingerprint density at radius 2 is 0.755 bits per heavy atom. The highest BCUT2D eigenvalue weighted by atomic mass is 15.0. The van der Waals surface area contributed by atoms with Crippen molar-refractivity contribution in [2.75, 3.05) is 0 Å². The molecule has 250 valence electrons. The largest absolute Gasteiger partial charge is 0.309 e. The molecule has 0 unspecified atom stereocenters. The molecule has 10 rings (SSSR count). The molecule has 53 heavy (non-hydrogen) atoms. The summed E-state index contributed by atoms with van der Waals surface area (Å²) in [6, 6.07) is 68.1. The summed E-state index contributed by atoms with van der Waals surface area (Å²) < 4.78 is 4.76. The lowest BCUT2D eigenvalue weighted by Crippen LogP contribution is -1.96. The van der Waals surface area contributed by atoms with Gasteiger partial charge in [0.25, 0.3) is 0 Å². The number of benzene rings is 8. The van der Waals surface area contributed by atoms with Crippen molar-refractivity contribution in [2.24, 2.45) is 0 Å². The van der Waals surface area contributed by atoms with Gasteiger partial charge in [0.2, 0.25) is 0 Å². The minimum Gasteiger partial charge on any atom is -0.309 e. The molecular weight excluding hydrogens is 641 g/mol. The first-order valence-electron chi connectivity index (χ1n) is 18.3. The molecule has 0 spiro atoms. The van der Waals surface area contributed by atoms with E-state index in [2.05, 4.69) is 216 Å². The zero-order chi connectivity index (χ0) is 35.3. The van der Waals surface area contributed by atoms with Crippen molar-refractivity contribution in [3.63, 3.8) is 0 Å². The molecule has 0 N–H and O–H groups in total. The summed E-state index contributed by atoms with van der Waals surface area (Å²) in [6.07, 6.45) is 4.38. The van der Waals surface area contributed by atoms with Crippen LogP contribution in [0.3, 0.4) is 0 Å². The van der Waals surface area contributed by atoms with Crippen molar-refractivity contribution in [3.8, 4) is 33.6 Å². The van der Waals surface area contributed by atoms with Crippen molar-refractivity contribution in [3.05, 3.63) is 205 Å². The van der Waals surface area contributed by atoms with Crippen LogP contribution in [0.5, 0.6) is 0 Å². The Labute approximate surface area is 309 Å². The highest BCUT2D eigenvalue weighted by Crippen LogP contribution is 2.36. The SMILES string of the molecule is Cc1ccccc1-n1c2ccccc2c2cc(-c3ccc(/C=C/c4ccc(-c5ccc(-n6c7ccccc7c7ccccc76)cc5)cc4)cc3)ccc21. The molecule has 0 fully saturated rings. The van der Waals surface area contributed by atoms with Crippen LogP contribution < -0.4 is 0 Å². The molecule has 0 atom stereocenters. The first kappa shape index (κ1) is 30.9. The molecule has 2 aromatic heterocycles. The van der Waals surface area contributed by atoms with Crippen molar-refractivity contribution in [2.45, 2.75) is 6.92 Å². The van der Waals surface area contributed by atoms with Gasteiger partial charge in [-0.15, -0.1) is 0 Å². The molecule has 0 aliphatic rings. The molecule has 8 aromatic carbocycles. The van der Waals surface area contributed by atoms with Crippen molar-refractivity contribution in [1.82, 2.24) is 9.13 Å². The van der Waals surface area contributed by atoms with Gasteiger partial charge in [-0.25, -0.2) is 0 Å². The molecule has 0 saturated heterocycles. The topological polar surface area (TPSA) is 9.86 Å². The second-order valence-electron chi connectivity index (χ2n) is 13.9. The molecule has 0 aliphatic heterocycles. The van der Waals surface area contributed by atoms with Gasteiger partial charge < -0.3 is 9.13 Å². The monoisotopic (exact) mass is 676 g/mol. The van der Waals surface area contributed by atoms with Crippen LogP contribution in [0.1, 0.15) is 16.7 Å². The number of para-hydroxylation sites is 4. The lowest BCUT2D eigenvalue weighted by atomic mass is 10.0. The number of hydrogen-bond acceptors (Lipinski definition) is 0. The Hall–Kier alpha value is -6.90. The van der Waals surface area contributed by atoms with Gasteiger partial charge >= 0.3 is 0 Å². The van der Waals surface area contributed by atoms with Gasteiger partial charge in [0, 0.05) is 32.9 Å². The fourth-order valence-corrected chi connectivity index (χ4v) is 8.00. The zero-order valence-electron chi connectivity index (χ0n) is 29.4. The minimum atomic E-state index is 1.17. The summed E-state index contributed by atoms with van der Waals surface area (Å²) in [5.74, 6) is 0. The van der Waals surface area contributed by atoms with E-state index < -0.39 is 0 Å². The number of aryl methyl sites for hydroxylation is 1. The van der Waals surface area contributed by atoms with E-state index in [1.165, 1.54) is 93.9 Å². The van der Waals surface area contributed by atoms with Crippen LogP contribution in [-0.2, 0) is 0 Å². The zero-order valence-corrected chi connectivity index (χ0v) is 29.4. The summed E-state index contributed by atoms with van der Waals surface area (Å²) in [5, 5.41) is 5.11. The van der Waals surface area contributed by atoms with Gasteiger partial charge in [0.1, 0.15) is 0 Å². The third-order valence-electron chi connectivity index (χ3n) is 10.7. The molecular formula is C51H36N2. The van der Waals surface area contributed by atoms with E-state index in [0.29, 0.717) is 0 Å². The predicted molar refractivity (Wildman–Crippen MR) is 226 cm³/mol. The molecule has 10 aromatic rings. The van der Waals surface area contributed by atoms with Crippen LogP contribution in [0.2, 0.25) is 0 Å². The van der Waals surface area contributed by atoms with E-state index in [4.69, 9.17) is 0 Å². The smallest absolute Gasteiger partial charge is 0.0541 e. The maximum atomic E-state index is 2.40. The number of nitrogens with zero attached hydrogens (tertiary/aromatic N) is 2.